The Hall–Kier alpha value is -0.460. The molecule has 0 aliphatic carbocycles. The van der Waals surface area contributed by atoms with E-state index in [2.05, 4.69) is 29.8 Å². The lowest BCUT2D eigenvalue weighted by molar-refractivity contribution is -0.0170. The molecule has 1 saturated heterocycles. The zero-order chi connectivity index (χ0) is 14.9. The van der Waals surface area contributed by atoms with Crippen LogP contribution < -0.4 is 5.32 Å². The molecule has 0 aromatic carbocycles. The third-order valence-electron chi connectivity index (χ3n) is 3.70. The lowest BCUT2D eigenvalue weighted by Crippen LogP contribution is -2.33. The van der Waals surface area contributed by atoms with E-state index in [1.807, 2.05) is 0 Å². The van der Waals surface area contributed by atoms with Gasteiger partial charge in [-0.15, -0.1) is 11.3 Å². The fourth-order valence-corrected chi connectivity index (χ4v) is 3.41. The van der Waals surface area contributed by atoms with Crippen LogP contribution in [0, 0.1) is 0 Å². The molecule has 120 valence electrons. The van der Waals surface area contributed by atoms with Crippen LogP contribution in [0.25, 0.3) is 0 Å². The minimum atomic E-state index is -0.467. The number of rotatable bonds is 10. The largest absolute Gasteiger partial charge is 0.389 e. The highest BCUT2D eigenvalue weighted by molar-refractivity contribution is 7.10. The van der Waals surface area contributed by atoms with Crippen molar-refractivity contribution in [2.75, 3.05) is 26.4 Å². The van der Waals surface area contributed by atoms with Crippen LogP contribution in [-0.2, 0) is 9.47 Å². The van der Waals surface area contributed by atoms with Crippen molar-refractivity contribution in [3.63, 3.8) is 0 Å². The van der Waals surface area contributed by atoms with E-state index in [9.17, 15) is 5.11 Å². The average molecular weight is 313 g/mol. The Bertz CT molecular complexity index is 366. The first-order valence-electron chi connectivity index (χ1n) is 7.93. The minimum Gasteiger partial charge on any atom is -0.389 e. The van der Waals surface area contributed by atoms with Gasteiger partial charge in [0.05, 0.1) is 25.4 Å². The van der Waals surface area contributed by atoms with Crippen molar-refractivity contribution in [2.24, 2.45) is 0 Å². The summed E-state index contributed by atoms with van der Waals surface area (Å²) >= 11 is 1.77. The fourth-order valence-electron chi connectivity index (χ4n) is 2.57. The molecule has 1 aromatic heterocycles. The Morgan fingerprint density at radius 2 is 2.48 bits per heavy atom. The van der Waals surface area contributed by atoms with Crippen molar-refractivity contribution in [3.8, 4) is 0 Å². The van der Waals surface area contributed by atoms with E-state index in [1.54, 1.807) is 11.3 Å². The molecule has 2 N–H and O–H groups in total. The summed E-state index contributed by atoms with van der Waals surface area (Å²) in [5.74, 6) is 0. The maximum absolute atomic E-state index is 10.0. The molecule has 1 aliphatic rings. The zero-order valence-corrected chi connectivity index (χ0v) is 13.6. The van der Waals surface area contributed by atoms with Gasteiger partial charge < -0.3 is 19.9 Å². The Morgan fingerprint density at radius 3 is 3.14 bits per heavy atom. The van der Waals surface area contributed by atoms with E-state index in [0.717, 1.165) is 32.3 Å². The Kier molecular flexibility index (Phi) is 7.68. The summed E-state index contributed by atoms with van der Waals surface area (Å²) in [5, 5.41) is 15.6. The second-order valence-corrected chi connectivity index (χ2v) is 6.57. The van der Waals surface area contributed by atoms with Crippen LogP contribution in [0.3, 0.4) is 0 Å². The van der Waals surface area contributed by atoms with Crippen LogP contribution in [0.5, 0.6) is 0 Å². The van der Waals surface area contributed by atoms with Gasteiger partial charge in [0.1, 0.15) is 0 Å². The molecule has 5 heteroatoms. The third kappa shape index (κ3) is 6.04. The Balaban J connectivity index is 1.63. The molecule has 2 rings (SSSR count). The van der Waals surface area contributed by atoms with Gasteiger partial charge in [-0.25, -0.2) is 0 Å². The highest BCUT2D eigenvalue weighted by atomic mass is 32.1. The van der Waals surface area contributed by atoms with Crippen LogP contribution in [-0.4, -0.2) is 43.7 Å². The topological polar surface area (TPSA) is 50.7 Å². The van der Waals surface area contributed by atoms with Gasteiger partial charge in [-0.05, 0) is 30.7 Å². The molecular weight excluding hydrogens is 286 g/mol. The number of hydrogen-bond donors (Lipinski definition) is 2. The van der Waals surface area contributed by atoms with Crippen LogP contribution in [0.15, 0.2) is 17.5 Å². The van der Waals surface area contributed by atoms with Crippen molar-refractivity contribution >= 4 is 11.3 Å². The van der Waals surface area contributed by atoms with E-state index in [-0.39, 0.29) is 6.10 Å². The molecule has 2 heterocycles. The van der Waals surface area contributed by atoms with Crippen molar-refractivity contribution in [2.45, 2.75) is 50.9 Å². The predicted molar refractivity (Wildman–Crippen MR) is 85.8 cm³/mol. The normalized spacial score (nSPS) is 21.5. The van der Waals surface area contributed by atoms with E-state index in [1.165, 1.54) is 4.88 Å². The molecule has 1 aliphatic heterocycles. The smallest absolute Gasteiger partial charge is 0.0897 e. The van der Waals surface area contributed by atoms with Crippen LogP contribution >= 0.6 is 11.3 Å². The second-order valence-electron chi connectivity index (χ2n) is 5.59. The second kappa shape index (κ2) is 9.54. The lowest BCUT2D eigenvalue weighted by Gasteiger charge is -2.20. The molecule has 4 nitrogen and oxygen atoms in total. The van der Waals surface area contributed by atoms with Gasteiger partial charge in [-0.1, -0.05) is 19.4 Å². The van der Waals surface area contributed by atoms with Crippen molar-refractivity contribution in [1.29, 1.82) is 0 Å². The molecule has 0 bridgehead atoms. The number of hydrogen-bond acceptors (Lipinski definition) is 5. The quantitative estimate of drug-likeness (QED) is 0.697. The molecule has 0 spiro atoms. The Labute approximate surface area is 131 Å². The van der Waals surface area contributed by atoms with Crippen molar-refractivity contribution in [1.82, 2.24) is 5.32 Å². The van der Waals surface area contributed by atoms with E-state index in [4.69, 9.17) is 9.47 Å². The maximum Gasteiger partial charge on any atom is 0.0897 e. The van der Waals surface area contributed by atoms with Gasteiger partial charge in [0.25, 0.3) is 0 Å². The monoisotopic (exact) mass is 313 g/mol. The molecule has 21 heavy (non-hydrogen) atoms. The van der Waals surface area contributed by atoms with E-state index >= 15 is 0 Å². The summed E-state index contributed by atoms with van der Waals surface area (Å²) in [6, 6.07) is 4.56. The minimum absolute atomic E-state index is 0.226. The highest BCUT2D eigenvalue weighted by Crippen LogP contribution is 2.23. The molecule has 0 radical (unpaired) electrons. The number of thiophene rings is 1. The maximum atomic E-state index is 10.0. The molecule has 1 fully saturated rings. The SMILES string of the molecule is CCCC(NCC(O)COCC1CCCO1)c1cccs1. The molecule has 3 atom stereocenters. The first kappa shape index (κ1) is 16.9. The number of aliphatic hydroxyl groups is 1. The van der Waals surface area contributed by atoms with E-state index in [0.29, 0.717) is 25.8 Å². The van der Waals surface area contributed by atoms with Crippen molar-refractivity contribution < 1.29 is 14.6 Å². The molecule has 0 amide bonds. The summed E-state index contributed by atoms with van der Waals surface area (Å²) in [7, 11) is 0. The molecular formula is C16H27NO3S. The van der Waals surface area contributed by atoms with Crippen LogP contribution in [0.4, 0.5) is 0 Å². The van der Waals surface area contributed by atoms with Gasteiger partial charge in [0.15, 0.2) is 0 Å². The lowest BCUT2D eigenvalue weighted by atomic mass is 10.1. The summed E-state index contributed by atoms with van der Waals surface area (Å²) in [5.41, 5.74) is 0. The molecule has 0 saturated carbocycles. The Morgan fingerprint density at radius 1 is 1.57 bits per heavy atom. The van der Waals surface area contributed by atoms with Crippen molar-refractivity contribution in [3.05, 3.63) is 22.4 Å². The van der Waals surface area contributed by atoms with Gasteiger partial charge in [-0.2, -0.15) is 0 Å². The van der Waals surface area contributed by atoms with Crippen LogP contribution in [0.1, 0.15) is 43.5 Å². The van der Waals surface area contributed by atoms with Gasteiger partial charge in [0, 0.05) is 24.1 Å². The number of aliphatic hydroxyl groups excluding tert-OH is 1. The fraction of sp³-hybridized carbons (Fsp3) is 0.750. The summed E-state index contributed by atoms with van der Waals surface area (Å²) in [6.45, 7) is 4.56. The summed E-state index contributed by atoms with van der Waals surface area (Å²) < 4.78 is 11.0. The standard InChI is InChI=1S/C16H27NO3S/c1-2-5-15(16-7-4-9-21-16)17-10-13(18)11-19-12-14-6-3-8-20-14/h4,7,9,13-15,17-18H,2-3,5-6,8,10-12H2,1H3. The summed E-state index contributed by atoms with van der Waals surface area (Å²) in [4.78, 5) is 1.34. The molecule has 3 unspecified atom stereocenters. The first-order chi connectivity index (χ1) is 10.3. The number of ether oxygens (including phenoxy) is 2. The first-order valence-corrected chi connectivity index (χ1v) is 8.81. The van der Waals surface area contributed by atoms with Gasteiger partial charge in [-0.3, -0.25) is 0 Å². The van der Waals surface area contributed by atoms with E-state index < -0.39 is 6.10 Å². The zero-order valence-electron chi connectivity index (χ0n) is 12.8. The molecule has 1 aromatic rings. The highest BCUT2D eigenvalue weighted by Gasteiger charge is 2.17. The van der Waals surface area contributed by atoms with Gasteiger partial charge >= 0.3 is 0 Å². The third-order valence-corrected chi connectivity index (χ3v) is 4.69. The predicted octanol–water partition coefficient (Wildman–Crippen LogP) is 2.74. The van der Waals surface area contributed by atoms with Crippen LogP contribution in [0.2, 0.25) is 0 Å². The number of nitrogens with one attached hydrogen (secondary N) is 1. The van der Waals surface area contributed by atoms with Gasteiger partial charge in [0.2, 0.25) is 0 Å². The average Bonchev–Trinajstić information content (AvgIpc) is 3.16. The summed E-state index contributed by atoms with van der Waals surface area (Å²) in [6.07, 6.45) is 4.17.